The van der Waals surface area contributed by atoms with Gasteiger partial charge in [0.2, 0.25) is 15.7 Å². The fourth-order valence-corrected chi connectivity index (χ4v) is 3.01. The van der Waals surface area contributed by atoms with Crippen molar-refractivity contribution in [2.24, 2.45) is 0 Å². The molecule has 1 aliphatic heterocycles. The fraction of sp³-hybridized carbons (Fsp3) is 0.412. The van der Waals surface area contributed by atoms with Gasteiger partial charge in [-0.15, -0.1) is 0 Å². The zero-order valence-electron chi connectivity index (χ0n) is 15.7. The summed E-state index contributed by atoms with van der Waals surface area (Å²) in [6.45, 7) is 3.00. The molecule has 0 saturated carbocycles. The number of anilines is 3. The number of halogens is 4. The van der Waals surface area contributed by atoms with Crippen LogP contribution in [0.3, 0.4) is 0 Å². The lowest BCUT2D eigenvalue weighted by molar-refractivity contribution is 0.122. The van der Waals surface area contributed by atoms with Gasteiger partial charge < -0.3 is 25.6 Å². The minimum atomic E-state index is -1.80. The van der Waals surface area contributed by atoms with Crippen molar-refractivity contribution < 1.29 is 9.53 Å². The molecule has 0 spiro atoms. The lowest BCUT2D eigenvalue weighted by Gasteiger charge is -2.27. The third-order valence-corrected chi connectivity index (χ3v) is 4.69. The third kappa shape index (κ3) is 6.88. The minimum absolute atomic E-state index is 0.0122. The first-order chi connectivity index (χ1) is 14.3. The Bertz CT molecular complexity index is 875. The molecule has 3 N–H and O–H groups in total. The molecule has 0 unspecified atom stereocenters. The average molecular weight is 495 g/mol. The van der Waals surface area contributed by atoms with Crippen molar-refractivity contribution in [3.05, 3.63) is 35.1 Å². The van der Waals surface area contributed by atoms with Crippen LogP contribution in [0.15, 0.2) is 24.3 Å². The lowest BCUT2D eigenvalue weighted by atomic mass is 10.3. The van der Waals surface area contributed by atoms with Crippen LogP contribution in [0.25, 0.3) is 0 Å². The largest absolute Gasteiger partial charge is 0.378 e. The summed E-state index contributed by atoms with van der Waals surface area (Å²) in [5.74, 6) is 0.645. The van der Waals surface area contributed by atoms with E-state index in [0.29, 0.717) is 56.1 Å². The van der Waals surface area contributed by atoms with E-state index in [9.17, 15) is 4.79 Å². The van der Waals surface area contributed by atoms with E-state index in [2.05, 4.69) is 30.9 Å². The Balaban J connectivity index is 1.56. The molecule has 3 rings (SSSR count). The number of benzene rings is 1. The molecule has 1 aliphatic rings. The number of hydrogen-bond donors (Lipinski definition) is 3. The second kappa shape index (κ2) is 10.5. The number of hydrogen-bond acceptors (Lipinski definition) is 7. The number of carbonyl (C=O) groups excluding carboxylic acids is 1. The number of urea groups is 1. The normalized spacial score (nSPS) is 14.3. The van der Waals surface area contributed by atoms with Crippen LogP contribution in [0.1, 0.15) is 5.82 Å². The van der Waals surface area contributed by atoms with Crippen LogP contribution in [-0.2, 0) is 8.53 Å². The van der Waals surface area contributed by atoms with E-state index in [1.165, 1.54) is 0 Å². The van der Waals surface area contributed by atoms with Crippen LogP contribution in [0.2, 0.25) is 5.02 Å². The molecule has 162 valence electrons. The van der Waals surface area contributed by atoms with Gasteiger partial charge in [0.05, 0.1) is 13.2 Å². The second-order valence-electron chi connectivity index (χ2n) is 6.20. The smallest absolute Gasteiger partial charge is 0.319 e. The Morgan fingerprint density at radius 2 is 1.90 bits per heavy atom. The van der Waals surface area contributed by atoms with Crippen LogP contribution in [0.4, 0.5) is 22.4 Å². The van der Waals surface area contributed by atoms with E-state index < -0.39 is 3.79 Å². The highest BCUT2D eigenvalue weighted by Gasteiger charge is 2.29. The number of amides is 2. The van der Waals surface area contributed by atoms with Crippen molar-refractivity contribution in [1.29, 1.82) is 0 Å². The van der Waals surface area contributed by atoms with Gasteiger partial charge in [-0.1, -0.05) is 52.5 Å². The molecule has 0 atom stereocenters. The maximum Gasteiger partial charge on any atom is 0.319 e. The number of nitrogens with zero attached hydrogens (tertiary/aromatic N) is 4. The van der Waals surface area contributed by atoms with Crippen molar-refractivity contribution in [2.75, 3.05) is 54.9 Å². The number of ether oxygens (including phenoxy) is 1. The molecule has 30 heavy (non-hydrogen) atoms. The number of aromatic nitrogens is 3. The van der Waals surface area contributed by atoms with Gasteiger partial charge in [0.1, 0.15) is 0 Å². The van der Waals surface area contributed by atoms with Crippen LogP contribution in [-0.4, -0.2) is 60.4 Å². The van der Waals surface area contributed by atoms with E-state index in [1.54, 1.807) is 24.3 Å². The summed E-state index contributed by atoms with van der Waals surface area (Å²) in [7, 11) is 0. The van der Waals surface area contributed by atoms with Gasteiger partial charge in [0.25, 0.3) is 0 Å². The molecule has 1 saturated heterocycles. The molecule has 2 amide bonds. The highest BCUT2D eigenvalue weighted by Crippen LogP contribution is 2.36. The van der Waals surface area contributed by atoms with E-state index >= 15 is 0 Å². The topological polar surface area (TPSA) is 104 Å². The summed E-state index contributed by atoms with van der Waals surface area (Å²) in [6.07, 6.45) is 0. The van der Waals surface area contributed by atoms with Crippen molar-refractivity contribution >= 4 is 70.0 Å². The van der Waals surface area contributed by atoms with Gasteiger partial charge in [-0.3, -0.25) is 0 Å². The number of alkyl halides is 3. The molecule has 0 radical (unpaired) electrons. The Labute approximate surface area is 193 Å². The summed E-state index contributed by atoms with van der Waals surface area (Å²) in [6, 6.07) is 6.48. The van der Waals surface area contributed by atoms with Gasteiger partial charge in [0.15, 0.2) is 5.82 Å². The highest BCUT2D eigenvalue weighted by atomic mass is 35.6. The zero-order chi connectivity index (χ0) is 21.6. The minimum Gasteiger partial charge on any atom is -0.378 e. The monoisotopic (exact) mass is 493 g/mol. The Kier molecular flexibility index (Phi) is 8.01. The van der Waals surface area contributed by atoms with Crippen molar-refractivity contribution in [2.45, 2.75) is 3.79 Å². The summed E-state index contributed by atoms with van der Waals surface area (Å²) in [4.78, 5) is 26.7. The maximum atomic E-state index is 12.0. The van der Waals surface area contributed by atoms with E-state index in [0.717, 1.165) is 0 Å². The first-order valence-electron chi connectivity index (χ1n) is 9.01. The van der Waals surface area contributed by atoms with Crippen molar-refractivity contribution in [3.8, 4) is 0 Å². The molecule has 0 bridgehead atoms. The number of rotatable bonds is 6. The second-order valence-corrected chi connectivity index (χ2v) is 8.92. The van der Waals surface area contributed by atoms with E-state index in [-0.39, 0.29) is 17.8 Å². The van der Waals surface area contributed by atoms with Crippen molar-refractivity contribution in [3.63, 3.8) is 0 Å². The van der Waals surface area contributed by atoms with Crippen LogP contribution >= 0.6 is 46.4 Å². The molecule has 2 heterocycles. The van der Waals surface area contributed by atoms with E-state index in [1.807, 2.05) is 4.90 Å². The zero-order valence-corrected chi connectivity index (χ0v) is 18.7. The highest BCUT2D eigenvalue weighted by molar-refractivity contribution is 6.66. The molecule has 0 aliphatic carbocycles. The molecular weight excluding hydrogens is 476 g/mol. The molecule has 13 heteroatoms. The number of nitrogens with one attached hydrogen (secondary N) is 3. The third-order valence-electron chi connectivity index (χ3n) is 3.95. The summed E-state index contributed by atoms with van der Waals surface area (Å²) in [5.41, 5.74) is 0.591. The van der Waals surface area contributed by atoms with Crippen LogP contribution in [0, 0.1) is 0 Å². The van der Waals surface area contributed by atoms with Crippen LogP contribution in [0.5, 0.6) is 0 Å². The average Bonchev–Trinajstić information content (AvgIpc) is 2.71. The predicted octanol–water partition coefficient (Wildman–Crippen LogP) is 3.42. The Morgan fingerprint density at radius 1 is 1.13 bits per heavy atom. The van der Waals surface area contributed by atoms with Gasteiger partial charge in [-0.2, -0.15) is 15.0 Å². The van der Waals surface area contributed by atoms with Gasteiger partial charge >= 0.3 is 6.03 Å². The first kappa shape index (κ1) is 22.9. The lowest BCUT2D eigenvalue weighted by Crippen LogP contribution is -2.38. The Morgan fingerprint density at radius 3 is 2.60 bits per heavy atom. The molecular formula is C17H19Cl4N7O2. The molecule has 1 aromatic carbocycles. The van der Waals surface area contributed by atoms with Crippen LogP contribution < -0.4 is 20.9 Å². The first-order valence-corrected chi connectivity index (χ1v) is 10.5. The summed E-state index contributed by atoms with van der Waals surface area (Å²) >= 11 is 23.8. The summed E-state index contributed by atoms with van der Waals surface area (Å²) in [5, 5.41) is 8.94. The quantitative estimate of drug-likeness (QED) is 0.417. The summed E-state index contributed by atoms with van der Waals surface area (Å²) < 4.78 is 3.54. The standard InChI is InChI=1S/C17H19Cl4N7O2/c18-11-2-1-3-12(10-11)24-16(29)23-5-4-22-14-25-13(17(19,20)21)26-15(27-14)28-6-8-30-9-7-28/h1-3,10H,4-9H2,(H2,23,24,29)(H,22,25,26,27). The predicted molar refractivity (Wildman–Crippen MR) is 119 cm³/mol. The maximum absolute atomic E-state index is 12.0. The molecule has 9 nitrogen and oxygen atoms in total. The van der Waals surface area contributed by atoms with Gasteiger partial charge in [-0.25, -0.2) is 4.79 Å². The Hall–Kier alpha value is -1.78. The van der Waals surface area contributed by atoms with E-state index in [4.69, 9.17) is 51.1 Å². The van der Waals surface area contributed by atoms with Crippen molar-refractivity contribution in [1.82, 2.24) is 20.3 Å². The molecule has 2 aromatic rings. The molecule has 1 aromatic heterocycles. The van der Waals surface area contributed by atoms with Gasteiger partial charge in [0, 0.05) is 36.9 Å². The number of morpholine rings is 1. The SMILES string of the molecule is O=C(NCCNc1nc(N2CCOCC2)nc(C(Cl)(Cl)Cl)n1)Nc1cccc(Cl)c1. The molecule has 1 fully saturated rings. The number of carbonyl (C=O) groups is 1. The fourth-order valence-electron chi connectivity index (χ4n) is 2.57. The van der Waals surface area contributed by atoms with Gasteiger partial charge in [-0.05, 0) is 18.2 Å².